The Hall–Kier alpha value is 0.748. The molecule has 0 saturated heterocycles. The van der Waals surface area contributed by atoms with Gasteiger partial charge in [0.1, 0.15) is 20.2 Å². The number of rotatable bonds is 5. The second kappa shape index (κ2) is 5.40. The summed E-state index contributed by atoms with van der Waals surface area (Å²) in [7, 11) is -2.62. The van der Waals surface area contributed by atoms with Crippen LogP contribution in [0.25, 0.3) is 0 Å². The van der Waals surface area contributed by atoms with Gasteiger partial charge < -0.3 is 12.3 Å². The molecule has 0 aromatic heterocycles. The number of hydrogen-bond donors (Lipinski definition) is 0. The predicted octanol–water partition coefficient (Wildman–Crippen LogP) is -0.999. The van der Waals surface area contributed by atoms with Gasteiger partial charge in [-0.2, -0.15) is 0 Å². The lowest BCUT2D eigenvalue weighted by Crippen LogP contribution is -2.41. The van der Waals surface area contributed by atoms with Gasteiger partial charge in [-0.15, -0.1) is 0 Å². The second-order valence-electron chi connectivity index (χ2n) is 2.75. The van der Waals surface area contributed by atoms with Gasteiger partial charge in [-0.3, -0.25) is 0 Å². The van der Waals surface area contributed by atoms with Crippen LogP contribution < -0.4 is 0 Å². The van der Waals surface area contributed by atoms with Crippen LogP contribution in [0, 0.1) is 0 Å². The first-order valence-electron chi connectivity index (χ1n) is 3.86. The van der Waals surface area contributed by atoms with Crippen LogP contribution in [0.3, 0.4) is 0 Å². The molecule has 0 heterocycles. The molecule has 7 heteroatoms. The van der Waals surface area contributed by atoms with E-state index in [-0.39, 0.29) is 9.76 Å². The van der Waals surface area contributed by atoms with E-state index in [0.29, 0.717) is 0 Å². The Kier molecular flexibility index (Phi) is 5.77. The van der Waals surface area contributed by atoms with Crippen molar-refractivity contribution < 1.29 is 12.3 Å². The van der Waals surface area contributed by atoms with Crippen LogP contribution >= 0.6 is 0 Å². The van der Waals surface area contributed by atoms with Crippen LogP contribution in [-0.4, -0.2) is 38.1 Å². The lowest BCUT2D eigenvalue weighted by atomic mass is 11.9. The van der Waals surface area contributed by atoms with Crippen LogP contribution in [0.1, 0.15) is 0 Å². The largest absolute Gasteiger partial charge is 0.447 e. The van der Waals surface area contributed by atoms with Crippen LogP contribution in [-0.2, 0) is 12.3 Å². The Morgan fingerprint density at radius 2 is 2.00 bits per heavy atom. The SMILES string of the molecule is C[SiH2]O[Si](C)(C)O[SiH](C)O[SiH3]. The quantitative estimate of drug-likeness (QED) is 0.563. The van der Waals surface area contributed by atoms with E-state index in [1.165, 1.54) is 0 Å². The van der Waals surface area contributed by atoms with Crippen molar-refractivity contribution in [2.24, 2.45) is 0 Å². The van der Waals surface area contributed by atoms with Crippen molar-refractivity contribution in [3.05, 3.63) is 0 Å². The maximum atomic E-state index is 5.73. The molecular weight excluding hydrogens is 208 g/mol. The summed E-state index contributed by atoms with van der Waals surface area (Å²) in [4.78, 5) is 0. The zero-order chi connectivity index (χ0) is 8.91. The van der Waals surface area contributed by atoms with Gasteiger partial charge in [0.05, 0.1) is 0 Å². The molecular formula is C4H18O3Si4. The van der Waals surface area contributed by atoms with Gasteiger partial charge in [-0.1, -0.05) is 6.55 Å². The molecule has 0 radical (unpaired) electrons. The molecule has 3 nitrogen and oxygen atoms in total. The monoisotopic (exact) mass is 226 g/mol. The molecule has 0 aromatic carbocycles. The molecule has 68 valence electrons. The van der Waals surface area contributed by atoms with Gasteiger partial charge in [0, 0.05) is 0 Å². The second-order valence-corrected chi connectivity index (χ2v) is 11.2. The predicted molar refractivity (Wildman–Crippen MR) is 58.1 cm³/mol. The molecule has 0 aromatic rings. The number of hydrogen-bond acceptors (Lipinski definition) is 3. The summed E-state index contributed by atoms with van der Waals surface area (Å²) in [6.07, 6.45) is 0. The van der Waals surface area contributed by atoms with Crippen molar-refractivity contribution >= 4 is 38.1 Å². The summed E-state index contributed by atoms with van der Waals surface area (Å²) in [5.74, 6) is 0. The summed E-state index contributed by atoms with van der Waals surface area (Å²) < 4.78 is 16.6. The lowest BCUT2D eigenvalue weighted by Gasteiger charge is -2.25. The third-order valence-electron chi connectivity index (χ3n) is 1.27. The molecule has 0 bridgehead atoms. The smallest absolute Gasteiger partial charge is 0.312 e. The Balaban J connectivity index is 3.70. The van der Waals surface area contributed by atoms with E-state index in [1.807, 2.05) is 0 Å². The molecule has 0 spiro atoms. The molecule has 0 amide bonds. The van der Waals surface area contributed by atoms with E-state index in [4.69, 9.17) is 12.3 Å². The zero-order valence-corrected chi connectivity index (χ0v) is 13.6. The fraction of sp³-hybridized carbons (Fsp3) is 1.00. The summed E-state index contributed by atoms with van der Waals surface area (Å²) in [5, 5.41) is 0. The normalized spacial score (nSPS) is 16.4. The van der Waals surface area contributed by atoms with Gasteiger partial charge in [0.2, 0.25) is 0 Å². The summed E-state index contributed by atoms with van der Waals surface area (Å²) in [5.41, 5.74) is 0. The van der Waals surface area contributed by atoms with Gasteiger partial charge in [0.15, 0.2) is 0 Å². The minimum absolute atomic E-state index is 0.326. The van der Waals surface area contributed by atoms with Crippen molar-refractivity contribution in [2.45, 2.75) is 26.2 Å². The van der Waals surface area contributed by atoms with Crippen molar-refractivity contribution in [3.63, 3.8) is 0 Å². The zero-order valence-electron chi connectivity index (χ0n) is 8.01. The molecule has 11 heavy (non-hydrogen) atoms. The van der Waals surface area contributed by atoms with Gasteiger partial charge >= 0.3 is 8.56 Å². The van der Waals surface area contributed by atoms with Gasteiger partial charge in [-0.05, 0) is 19.6 Å². The van der Waals surface area contributed by atoms with Crippen molar-refractivity contribution in [2.75, 3.05) is 0 Å². The highest BCUT2D eigenvalue weighted by Gasteiger charge is 2.25. The van der Waals surface area contributed by atoms with E-state index in [0.717, 1.165) is 10.5 Å². The van der Waals surface area contributed by atoms with Crippen molar-refractivity contribution in [1.82, 2.24) is 0 Å². The van der Waals surface area contributed by atoms with Crippen LogP contribution in [0.4, 0.5) is 0 Å². The molecule has 0 fully saturated rings. The topological polar surface area (TPSA) is 27.7 Å². The summed E-state index contributed by atoms with van der Waals surface area (Å²) in [6, 6.07) is 0. The average molecular weight is 227 g/mol. The highest BCUT2D eigenvalue weighted by atomic mass is 28.5. The first-order valence-corrected chi connectivity index (χ1v) is 11.6. The Morgan fingerprint density at radius 3 is 2.36 bits per heavy atom. The van der Waals surface area contributed by atoms with Crippen LogP contribution in [0.5, 0.6) is 0 Å². The van der Waals surface area contributed by atoms with Crippen molar-refractivity contribution in [1.29, 1.82) is 0 Å². The molecule has 0 saturated carbocycles. The molecule has 0 aliphatic carbocycles. The van der Waals surface area contributed by atoms with Crippen LogP contribution in [0.2, 0.25) is 26.2 Å². The van der Waals surface area contributed by atoms with E-state index in [2.05, 4.69) is 26.2 Å². The Morgan fingerprint density at radius 1 is 1.45 bits per heavy atom. The van der Waals surface area contributed by atoms with Crippen molar-refractivity contribution in [3.8, 4) is 0 Å². The molecule has 1 unspecified atom stereocenters. The standard InChI is InChI=1S/C4H18O3Si4/c1-9-6-11(3,4)7-10(2)5-8/h10H,9H2,1-4,8H3. The highest BCUT2D eigenvalue weighted by Crippen LogP contribution is 2.06. The fourth-order valence-electron chi connectivity index (χ4n) is 0.829. The maximum absolute atomic E-state index is 5.73. The summed E-state index contributed by atoms with van der Waals surface area (Å²) >= 11 is 0. The Labute approximate surface area is 77.0 Å². The first-order chi connectivity index (χ1) is 5.02. The first kappa shape index (κ1) is 11.7. The van der Waals surface area contributed by atoms with Gasteiger partial charge in [0.25, 0.3) is 9.28 Å². The molecule has 0 aliphatic rings. The molecule has 0 rings (SSSR count). The van der Waals surface area contributed by atoms with E-state index < -0.39 is 17.8 Å². The minimum atomic E-state index is -1.77. The lowest BCUT2D eigenvalue weighted by molar-refractivity contribution is 0.372. The van der Waals surface area contributed by atoms with Crippen LogP contribution in [0.15, 0.2) is 0 Å². The van der Waals surface area contributed by atoms with E-state index in [9.17, 15) is 0 Å². The minimum Gasteiger partial charge on any atom is -0.447 e. The van der Waals surface area contributed by atoms with Gasteiger partial charge in [-0.25, -0.2) is 0 Å². The summed E-state index contributed by atoms with van der Waals surface area (Å²) in [6.45, 7) is 8.37. The molecule has 0 N–H and O–H groups in total. The Bertz CT molecular complexity index is 110. The molecule has 0 aliphatic heterocycles. The third-order valence-corrected chi connectivity index (χ3v) is 11.5. The van der Waals surface area contributed by atoms with E-state index in [1.54, 1.807) is 0 Å². The third kappa shape index (κ3) is 5.96. The maximum Gasteiger partial charge on any atom is 0.312 e. The average Bonchev–Trinajstić information content (AvgIpc) is 1.86. The molecule has 1 atom stereocenters. The van der Waals surface area contributed by atoms with E-state index >= 15 is 0 Å². The highest BCUT2D eigenvalue weighted by molar-refractivity contribution is 6.75. The fourth-order valence-corrected chi connectivity index (χ4v) is 8.94.